The van der Waals surface area contributed by atoms with Gasteiger partial charge in [0.1, 0.15) is 5.75 Å². The van der Waals surface area contributed by atoms with Crippen molar-refractivity contribution in [3.8, 4) is 5.75 Å². The number of hydrogen-bond donors (Lipinski definition) is 1. The molecule has 0 saturated carbocycles. The number of rotatable bonds is 5. The molecule has 0 spiro atoms. The third kappa shape index (κ3) is 4.39. The topological polar surface area (TPSA) is 75.7 Å². The molecule has 2 amide bonds. The Morgan fingerprint density at radius 1 is 0.969 bits per heavy atom. The number of amides is 2. The maximum absolute atomic E-state index is 13.2. The van der Waals surface area contributed by atoms with E-state index >= 15 is 0 Å². The van der Waals surface area contributed by atoms with Crippen molar-refractivity contribution in [1.29, 1.82) is 0 Å². The van der Waals surface area contributed by atoms with Crippen LogP contribution in [-0.4, -0.2) is 30.7 Å². The second-order valence-electron chi connectivity index (χ2n) is 7.46. The Bertz CT molecular complexity index is 1150. The molecule has 32 heavy (non-hydrogen) atoms. The van der Waals surface area contributed by atoms with Gasteiger partial charge in [-0.3, -0.25) is 14.4 Å². The van der Waals surface area contributed by atoms with E-state index in [1.165, 1.54) is 0 Å². The largest absolute Gasteiger partial charge is 0.493 e. The van der Waals surface area contributed by atoms with Gasteiger partial charge in [-0.1, -0.05) is 24.3 Å². The van der Waals surface area contributed by atoms with Crippen LogP contribution in [0, 0.1) is 0 Å². The maximum Gasteiger partial charge on any atom is 0.259 e. The van der Waals surface area contributed by atoms with Gasteiger partial charge >= 0.3 is 0 Å². The average Bonchev–Trinajstić information content (AvgIpc) is 2.99. The van der Waals surface area contributed by atoms with Crippen LogP contribution in [0.1, 0.15) is 50.8 Å². The van der Waals surface area contributed by atoms with E-state index in [0.29, 0.717) is 59.8 Å². The van der Waals surface area contributed by atoms with E-state index in [-0.39, 0.29) is 17.6 Å². The van der Waals surface area contributed by atoms with Crippen LogP contribution in [0.3, 0.4) is 0 Å². The number of ether oxygens (including phenoxy) is 1. The SMILES string of the molecule is CCOc1ccccc1C(=O)Nc1ccc(C(=O)N2CCCC(=O)c3ccccc32)cc1. The molecule has 6 nitrogen and oxygen atoms in total. The predicted molar refractivity (Wildman–Crippen MR) is 124 cm³/mol. The Labute approximate surface area is 186 Å². The van der Waals surface area contributed by atoms with Crippen LogP contribution < -0.4 is 15.0 Å². The summed E-state index contributed by atoms with van der Waals surface area (Å²) in [7, 11) is 0. The summed E-state index contributed by atoms with van der Waals surface area (Å²) in [5.41, 5.74) is 2.73. The normalized spacial score (nSPS) is 13.2. The maximum atomic E-state index is 13.2. The monoisotopic (exact) mass is 428 g/mol. The Kier molecular flexibility index (Phi) is 6.31. The van der Waals surface area contributed by atoms with Crippen LogP contribution in [0.4, 0.5) is 11.4 Å². The molecular weight excluding hydrogens is 404 g/mol. The first-order chi connectivity index (χ1) is 15.6. The third-order valence-electron chi connectivity index (χ3n) is 5.35. The lowest BCUT2D eigenvalue weighted by atomic mass is 10.1. The number of Topliss-reactive ketones (excluding diaryl/α,β-unsaturated/α-hetero) is 1. The number of para-hydroxylation sites is 2. The Morgan fingerprint density at radius 3 is 2.47 bits per heavy atom. The molecule has 0 atom stereocenters. The molecule has 1 heterocycles. The highest BCUT2D eigenvalue weighted by Crippen LogP contribution is 2.28. The number of carbonyl (C=O) groups excluding carboxylic acids is 3. The lowest BCUT2D eigenvalue weighted by Gasteiger charge is -2.22. The van der Waals surface area contributed by atoms with E-state index in [9.17, 15) is 14.4 Å². The van der Waals surface area contributed by atoms with E-state index in [1.54, 1.807) is 59.5 Å². The highest BCUT2D eigenvalue weighted by atomic mass is 16.5. The number of benzene rings is 3. The standard InChI is InChI=1S/C26H24N2O4/c1-2-32-24-12-6-4-9-21(24)25(30)27-19-15-13-18(14-16-19)26(31)28-17-7-11-23(29)20-8-3-5-10-22(20)28/h3-6,8-10,12-16H,2,7,11,17H2,1H3,(H,27,30). The highest BCUT2D eigenvalue weighted by Gasteiger charge is 2.25. The van der Waals surface area contributed by atoms with Crippen molar-refractivity contribution in [3.63, 3.8) is 0 Å². The average molecular weight is 428 g/mol. The second kappa shape index (κ2) is 9.47. The van der Waals surface area contributed by atoms with E-state index < -0.39 is 0 Å². The minimum atomic E-state index is -0.284. The number of carbonyl (C=O) groups is 3. The molecule has 1 aliphatic heterocycles. The fraction of sp³-hybridized carbons (Fsp3) is 0.192. The molecule has 3 aromatic carbocycles. The van der Waals surface area contributed by atoms with Crippen molar-refractivity contribution in [3.05, 3.63) is 89.5 Å². The van der Waals surface area contributed by atoms with Crippen LogP contribution in [0.25, 0.3) is 0 Å². The van der Waals surface area contributed by atoms with Crippen LogP contribution in [0.5, 0.6) is 5.75 Å². The zero-order chi connectivity index (χ0) is 22.5. The zero-order valence-electron chi connectivity index (χ0n) is 17.8. The van der Waals surface area contributed by atoms with Crippen LogP contribution in [-0.2, 0) is 0 Å². The molecule has 6 heteroatoms. The summed E-state index contributed by atoms with van der Waals surface area (Å²) in [6, 6.07) is 21.0. The number of nitrogens with zero attached hydrogens (tertiary/aromatic N) is 1. The van der Waals surface area contributed by atoms with Crippen LogP contribution in [0.2, 0.25) is 0 Å². The molecule has 162 valence electrons. The van der Waals surface area contributed by atoms with Gasteiger partial charge in [0.15, 0.2) is 5.78 Å². The number of ketones is 1. The zero-order valence-corrected chi connectivity index (χ0v) is 17.8. The van der Waals surface area contributed by atoms with Gasteiger partial charge in [0.2, 0.25) is 0 Å². The number of fused-ring (bicyclic) bond motifs is 1. The van der Waals surface area contributed by atoms with Crippen LogP contribution >= 0.6 is 0 Å². The first kappa shape index (κ1) is 21.3. The quantitative estimate of drug-likeness (QED) is 0.623. The molecule has 3 aromatic rings. The van der Waals surface area contributed by atoms with Crippen LogP contribution in [0.15, 0.2) is 72.8 Å². The number of anilines is 2. The first-order valence-electron chi connectivity index (χ1n) is 10.7. The molecule has 4 rings (SSSR count). The van der Waals surface area contributed by atoms with Crippen molar-refractivity contribution in [2.45, 2.75) is 19.8 Å². The van der Waals surface area contributed by atoms with Crippen molar-refractivity contribution < 1.29 is 19.1 Å². The highest BCUT2D eigenvalue weighted by molar-refractivity contribution is 6.12. The Hall–Kier alpha value is -3.93. The van der Waals surface area contributed by atoms with E-state index in [1.807, 2.05) is 25.1 Å². The Morgan fingerprint density at radius 2 is 1.69 bits per heavy atom. The molecule has 0 bridgehead atoms. The number of nitrogens with one attached hydrogen (secondary N) is 1. The summed E-state index contributed by atoms with van der Waals surface area (Å²) in [5.74, 6) is 0.120. The molecule has 1 N–H and O–H groups in total. The molecule has 1 aliphatic rings. The van der Waals surface area contributed by atoms with Gasteiger partial charge in [0, 0.05) is 29.8 Å². The van der Waals surface area contributed by atoms with Gasteiger partial charge in [-0.25, -0.2) is 0 Å². The minimum Gasteiger partial charge on any atom is -0.493 e. The minimum absolute atomic E-state index is 0.0568. The Balaban J connectivity index is 1.52. The fourth-order valence-electron chi connectivity index (χ4n) is 3.79. The fourth-order valence-corrected chi connectivity index (χ4v) is 3.79. The summed E-state index contributed by atoms with van der Waals surface area (Å²) in [6.07, 6.45) is 1.04. The molecule has 0 saturated heterocycles. The van der Waals surface area contributed by atoms with Crippen molar-refractivity contribution in [2.24, 2.45) is 0 Å². The summed E-state index contributed by atoms with van der Waals surface area (Å²) in [6.45, 7) is 2.81. The van der Waals surface area contributed by atoms with Crippen molar-refractivity contribution in [2.75, 3.05) is 23.4 Å². The van der Waals surface area contributed by atoms with Crippen molar-refractivity contribution >= 4 is 29.0 Å². The van der Waals surface area contributed by atoms with Gasteiger partial charge < -0.3 is 15.0 Å². The van der Waals surface area contributed by atoms with Gasteiger partial charge in [-0.15, -0.1) is 0 Å². The third-order valence-corrected chi connectivity index (χ3v) is 5.35. The van der Waals surface area contributed by atoms with Gasteiger partial charge in [0.05, 0.1) is 17.9 Å². The van der Waals surface area contributed by atoms with Gasteiger partial charge in [0.25, 0.3) is 11.8 Å². The molecule has 0 fully saturated rings. The first-order valence-corrected chi connectivity index (χ1v) is 10.7. The second-order valence-corrected chi connectivity index (χ2v) is 7.46. The summed E-state index contributed by atoms with van der Waals surface area (Å²) in [4.78, 5) is 39.9. The molecule has 0 radical (unpaired) electrons. The van der Waals surface area contributed by atoms with E-state index in [4.69, 9.17) is 4.74 Å². The van der Waals surface area contributed by atoms with Gasteiger partial charge in [-0.05, 0) is 61.9 Å². The van der Waals surface area contributed by atoms with Gasteiger partial charge in [-0.2, -0.15) is 0 Å². The molecule has 0 aromatic heterocycles. The number of hydrogen-bond acceptors (Lipinski definition) is 4. The predicted octanol–water partition coefficient (Wildman–Crippen LogP) is 4.96. The molecule has 0 unspecified atom stereocenters. The van der Waals surface area contributed by atoms with Crippen molar-refractivity contribution in [1.82, 2.24) is 0 Å². The lowest BCUT2D eigenvalue weighted by Crippen LogP contribution is -2.31. The smallest absolute Gasteiger partial charge is 0.259 e. The molecule has 0 aliphatic carbocycles. The lowest BCUT2D eigenvalue weighted by molar-refractivity contribution is 0.0973. The van der Waals surface area contributed by atoms with E-state index in [2.05, 4.69) is 5.32 Å². The summed E-state index contributed by atoms with van der Waals surface area (Å²) >= 11 is 0. The summed E-state index contributed by atoms with van der Waals surface area (Å²) in [5, 5.41) is 2.85. The van der Waals surface area contributed by atoms with E-state index in [0.717, 1.165) is 0 Å². The summed E-state index contributed by atoms with van der Waals surface area (Å²) < 4.78 is 5.53. The molecular formula is C26H24N2O4.